The van der Waals surface area contributed by atoms with E-state index in [1.807, 2.05) is 0 Å². The zero-order chi connectivity index (χ0) is 15.5. The Morgan fingerprint density at radius 1 is 1.00 bits per heavy atom. The van der Waals surface area contributed by atoms with Crippen molar-refractivity contribution in [1.82, 2.24) is 9.80 Å². The van der Waals surface area contributed by atoms with Crippen molar-refractivity contribution in [3.63, 3.8) is 0 Å². The monoisotopic (exact) mass is 301 g/mol. The maximum atomic E-state index is 12.7. The molecule has 120 valence electrons. The third-order valence-electron chi connectivity index (χ3n) is 5.12. The minimum atomic E-state index is 0.226. The quantitative estimate of drug-likeness (QED) is 0.836. The van der Waals surface area contributed by atoms with Gasteiger partial charge in [0.2, 0.25) is 5.91 Å². The van der Waals surface area contributed by atoms with Gasteiger partial charge >= 0.3 is 0 Å². The summed E-state index contributed by atoms with van der Waals surface area (Å²) in [5.74, 6) is 0.612. The predicted molar refractivity (Wildman–Crippen MR) is 90.2 cm³/mol. The Balaban J connectivity index is 1.55. The highest BCUT2D eigenvalue weighted by Crippen LogP contribution is 2.27. The minimum absolute atomic E-state index is 0.226. The van der Waals surface area contributed by atoms with E-state index in [1.165, 1.54) is 11.3 Å². The number of para-hydroxylation sites is 1. The molecule has 0 radical (unpaired) electrons. The van der Waals surface area contributed by atoms with Crippen LogP contribution in [0.15, 0.2) is 24.3 Å². The van der Waals surface area contributed by atoms with Gasteiger partial charge in [0.1, 0.15) is 0 Å². The van der Waals surface area contributed by atoms with Crippen LogP contribution in [-0.4, -0.2) is 62.0 Å². The number of carbonyl (C=O) groups is 1. The number of nitrogens with zero attached hydrogens (tertiary/aromatic N) is 3. The number of amides is 1. The lowest BCUT2D eigenvalue weighted by molar-refractivity contribution is -0.137. The molecule has 2 fully saturated rings. The van der Waals surface area contributed by atoms with Crippen molar-refractivity contribution >= 4 is 11.6 Å². The summed E-state index contributed by atoms with van der Waals surface area (Å²) in [6.07, 6.45) is 1.97. The summed E-state index contributed by atoms with van der Waals surface area (Å²) in [5, 5.41) is 0. The van der Waals surface area contributed by atoms with Gasteiger partial charge in [0.05, 0.1) is 0 Å². The fourth-order valence-corrected chi connectivity index (χ4v) is 3.57. The molecule has 4 nitrogen and oxygen atoms in total. The Morgan fingerprint density at radius 2 is 1.64 bits per heavy atom. The molecular formula is C18H27N3O. The van der Waals surface area contributed by atoms with Crippen LogP contribution in [0.1, 0.15) is 18.4 Å². The molecule has 0 bridgehead atoms. The molecule has 0 N–H and O–H groups in total. The van der Waals surface area contributed by atoms with E-state index >= 15 is 0 Å². The Kier molecular flexibility index (Phi) is 4.67. The van der Waals surface area contributed by atoms with E-state index < -0.39 is 0 Å². The molecule has 0 spiro atoms. The largest absolute Gasteiger partial charge is 0.371 e. The van der Waals surface area contributed by atoms with Gasteiger partial charge < -0.3 is 14.7 Å². The number of rotatable bonds is 2. The van der Waals surface area contributed by atoms with Crippen LogP contribution in [0.3, 0.4) is 0 Å². The van der Waals surface area contributed by atoms with Gasteiger partial charge in [-0.25, -0.2) is 0 Å². The first-order valence-corrected chi connectivity index (χ1v) is 8.43. The van der Waals surface area contributed by atoms with Crippen LogP contribution in [0.2, 0.25) is 0 Å². The molecule has 0 aromatic heterocycles. The van der Waals surface area contributed by atoms with Crippen molar-refractivity contribution in [2.24, 2.45) is 5.92 Å². The van der Waals surface area contributed by atoms with Crippen molar-refractivity contribution in [3.05, 3.63) is 29.8 Å². The number of likely N-dealkylation sites (N-methyl/N-ethyl adjacent to an activating group) is 1. The summed E-state index contributed by atoms with van der Waals surface area (Å²) >= 11 is 0. The first-order valence-electron chi connectivity index (χ1n) is 8.43. The molecule has 2 aliphatic heterocycles. The number of aryl methyl sites for hydroxylation is 1. The van der Waals surface area contributed by atoms with Crippen LogP contribution >= 0.6 is 0 Å². The van der Waals surface area contributed by atoms with Gasteiger partial charge in [0.15, 0.2) is 0 Å². The highest BCUT2D eigenvalue weighted by Gasteiger charge is 2.30. The normalized spacial score (nSPS) is 21.2. The molecule has 1 aromatic carbocycles. The highest BCUT2D eigenvalue weighted by molar-refractivity contribution is 5.79. The molecule has 3 rings (SSSR count). The molecule has 0 atom stereocenters. The molecular weight excluding hydrogens is 274 g/mol. The third kappa shape index (κ3) is 3.27. The maximum absolute atomic E-state index is 12.7. The third-order valence-corrected chi connectivity index (χ3v) is 5.12. The van der Waals surface area contributed by atoms with Crippen molar-refractivity contribution in [3.8, 4) is 0 Å². The van der Waals surface area contributed by atoms with Gasteiger partial charge in [-0.2, -0.15) is 0 Å². The van der Waals surface area contributed by atoms with Crippen LogP contribution in [-0.2, 0) is 4.79 Å². The van der Waals surface area contributed by atoms with E-state index in [-0.39, 0.29) is 5.92 Å². The van der Waals surface area contributed by atoms with E-state index in [2.05, 4.69) is 52.9 Å². The van der Waals surface area contributed by atoms with Gasteiger partial charge in [-0.1, -0.05) is 18.2 Å². The smallest absolute Gasteiger partial charge is 0.225 e. The van der Waals surface area contributed by atoms with Crippen LogP contribution in [0, 0.1) is 12.8 Å². The molecule has 0 saturated carbocycles. The van der Waals surface area contributed by atoms with Gasteiger partial charge in [0, 0.05) is 50.9 Å². The number of anilines is 1. The van der Waals surface area contributed by atoms with E-state index in [0.717, 1.165) is 52.1 Å². The first kappa shape index (κ1) is 15.3. The Bertz CT molecular complexity index is 515. The lowest BCUT2D eigenvalue weighted by atomic mass is 9.94. The van der Waals surface area contributed by atoms with Crippen molar-refractivity contribution in [2.75, 3.05) is 51.2 Å². The van der Waals surface area contributed by atoms with Gasteiger partial charge in [0.25, 0.3) is 0 Å². The lowest BCUT2D eigenvalue weighted by Gasteiger charge is -2.38. The summed E-state index contributed by atoms with van der Waals surface area (Å²) in [5.41, 5.74) is 2.65. The molecule has 0 aliphatic carbocycles. The van der Waals surface area contributed by atoms with Gasteiger partial charge in [-0.15, -0.1) is 0 Å². The minimum Gasteiger partial charge on any atom is -0.371 e. The molecule has 1 amide bonds. The van der Waals surface area contributed by atoms with E-state index in [4.69, 9.17) is 0 Å². The summed E-state index contributed by atoms with van der Waals surface area (Å²) in [6, 6.07) is 8.54. The number of carbonyl (C=O) groups excluding carboxylic acids is 1. The summed E-state index contributed by atoms with van der Waals surface area (Å²) in [6.45, 7) is 7.96. The average molecular weight is 301 g/mol. The van der Waals surface area contributed by atoms with Crippen LogP contribution < -0.4 is 4.90 Å². The number of piperazine rings is 1. The lowest BCUT2D eigenvalue weighted by Crippen LogP contribution is -2.50. The molecule has 2 heterocycles. The Labute approximate surface area is 133 Å². The van der Waals surface area contributed by atoms with E-state index in [1.54, 1.807) is 0 Å². The molecule has 2 aliphatic rings. The van der Waals surface area contributed by atoms with E-state index in [0.29, 0.717) is 5.91 Å². The summed E-state index contributed by atoms with van der Waals surface area (Å²) in [4.78, 5) is 19.5. The second-order valence-electron chi connectivity index (χ2n) is 6.68. The van der Waals surface area contributed by atoms with Gasteiger partial charge in [-0.3, -0.25) is 4.79 Å². The number of hydrogen-bond donors (Lipinski definition) is 0. The molecule has 2 saturated heterocycles. The maximum Gasteiger partial charge on any atom is 0.225 e. The second-order valence-corrected chi connectivity index (χ2v) is 6.68. The fourth-order valence-electron chi connectivity index (χ4n) is 3.57. The predicted octanol–water partition coefficient (Wildman–Crippen LogP) is 1.99. The zero-order valence-electron chi connectivity index (χ0n) is 13.8. The zero-order valence-corrected chi connectivity index (χ0v) is 13.8. The number of hydrogen-bond acceptors (Lipinski definition) is 3. The topological polar surface area (TPSA) is 26.8 Å². The summed E-state index contributed by atoms with van der Waals surface area (Å²) in [7, 11) is 2.13. The van der Waals surface area contributed by atoms with Crippen molar-refractivity contribution < 1.29 is 4.79 Å². The molecule has 4 heteroatoms. The molecule has 0 unspecified atom stereocenters. The number of benzene rings is 1. The Hall–Kier alpha value is -1.55. The van der Waals surface area contributed by atoms with Crippen molar-refractivity contribution in [2.45, 2.75) is 19.8 Å². The van der Waals surface area contributed by atoms with E-state index in [9.17, 15) is 4.79 Å². The van der Waals surface area contributed by atoms with Gasteiger partial charge in [-0.05, 0) is 38.4 Å². The fraction of sp³-hybridized carbons (Fsp3) is 0.611. The molecule has 1 aromatic rings. The SMILES string of the molecule is Cc1ccccc1N1CCC(C(=O)N2CCN(C)CC2)CC1. The second kappa shape index (κ2) is 6.69. The van der Waals surface area contributed by atoms with Crippen LogP contribution in [0.5, 0.6) is 0 Å². The summed E-state index contributed by atoms with van der Waals surface area (Å²) < 4.78 is 0. The first-order chi connectivity index (χ1) is 10.6. The highest BCUT2D eigenvalue weighted by atomic mass is 16.2. The van der Waals surface area contributed by atoms with Crippen LogP contribution in [0.4, 0.5) is 5.69 Å². The Morgan fingerprint density at radius 3 is 2.27 bits per heavy atom. The van der Waals surface area contributed by atoms with Crippen LogP contribution in [0.25, 0.3) is 0 Å². The number of piperidine rings is 1. The van der Waals surface area contributed by atoms with Crippen molar-refractivity contribution in [1.29, 1.82) is 0 Å². The molecule has 22 heavy (non-hydrogen) atoms. The standard InChI is InChI=1S/C18H27N3O/c1-15-5-3-4-6-17(15)20-9-7-16(8-10-20)18(22)21-13-11-19(2)12-14-21/h3-6,16H,7-14H2,1-2H3. The average Bonchev–Trinajstić information content (AvgIpc) is 2.56.